The molecule has 0 N–H and O–H groups in total. The van der Waals surface area contributed by atoms with E-state index in [1.54, 1.807) is 6.92 Å². The summed E-state index contributed by atoms with van der Waals surface area (Å²) in [7, 11) is 0. The number of rotatable bonds is 5. The Hall–Kier alpha value is -1.01. The lowest BCUT2D eigenvalue weighted by Gasteiger charge is -2.09. The number of thiazole rings is 1. The predicted molar refractivity (Wildman–Crippen MR) is 81.9 cm³/mol. The molecule has 0 radical (unpaired) electrons. The topological polar surface area (TPSA) is 62.2 Å². The highest BCUT2D eigenvalue weighted by atomic mass is 35.5. The lowest BCUT2D eigenvalue weighted by molar-refractivity contribution is -0.254. The van der Waals surface area contributed by atoms with Gasteiger partial charge in [-0.2, -0.15) is 0 Å². The molecule has 0 amide bonds. The highest BCUT2D eigenvalue weighted by molar-refractivity contribution is 7.13. The molecule has 0 saturated heterocycles. The van der Waals surface area contributed by atoms with Crippen molar-refractivity contribution in [3.05, 3.63) is 42.8 Å². The average molecular weight is 366 g/mol. The number of ether oxygens (including phenoxy) is 1. The molecule has 2 rings (SSSR count). The Bertz CT molecular complexity index is 664. The molecule has 112 valence electrons. The summed E-state index contributed by atoms with van der Waals surface area (Å²) in [6.07, 6.45) is 0.439. The summed E-state index contributed by atoms with van der Waals surface area (Å²) in [6, 6.07) is 3.07. The lowest BCUT2D eigenvalue weighted by atomic mass is 10.3. The van der Waals surface area contributed by atoms with Crippen LogP contribution in [-0.2, 0) is 6.42 Å². The number of hydrogen-bond donors (Lipinski definition) is 0. The van der Waals surface area contributed by atoms with Gasteiger partial charge in [-0.15, -0.1) is 11.3 Å². The number of carboxylic acids is 1. The number of aryl methyl sites for hydroxylation is 1. The molecule has 1 heterocycles. The first kappa shape index (κ1) is 16.4. The Morgan fingerprint density at radius 2 is 1.95 bits per heavy atom. The number of benzene rings is 1. The van der Waals surface area contributed by atoms with E-state index < -0.39 is 5.97 Å². The molecule has 4 nitrogen and oxygen atoms in total. The minimum Gasteiger partial charge on any atom is -0.544 e. The van der Waals surface area contributed by atoms with Crippen molar-refractivity contribution in [2.75, 3.05) is 6.61 Å². The van der Waals surface area contributed by atoms with Crippen molar-refractivity contribution in [1.82, 2.24) is 4.98 Å². The minimum absolute atomic E-state index is 0.132. The fourth-order valence-electron chi connectivity index (χ4n) is 1.66. The summed E-state index contributed by atoms with van der Waals surface area (Å²) in [5.41, 5.74) is 0.442. The maximum absolute atomic E-state index is 10.8. The zero-order valence-corrected chi connectivity index (χ0v) is 13.9. The molecule has 21 heavy (non-hydrogen) atoms. The lowest BCUT2D eigenvalue weighted by Crippen LogP contribution is -2.21. The van der Waals surface area contributed by atoms with Gasteiger partial charge in [-0.25, -0.2) is 4.98 Å². The van der Waals surface area contributed by atoms with E-state index >= 15 is 0 Å². The zero-order chi connectivity index (χ0) is 15.6. The largest absolute Gasteiger partial charge is 0.544 e. The molecule has 0 fully saturated rings. The van der Waals surface area contributed by atoms with Crippen molar-refractivity contribution in [1.29, 1.82) is 0 Å². The molecule has 1 aromatic carbocycles. The quantitative estimate of drug-likeness (QED) is 0.814. The fourth-order valence-corrected chi connectivity index (χ4v) is 3.46. The van der Waals surface area contributed by atoms with Gasteiger partial charge in [0.2, 0.25) is 0 Å². The van der Waals surface area contributed by atoms with Crippen molar-refractivity contribution >= 4 is 52.1 Å². The van der Waals surface area contributed by atoms with E-state index in [0.717, 1.165) is 11.3 Å². The predicted octanol–water partition coefficient (Wildman–Crippen LogP) is 3.40. The van der Waals surface area contributed by atoms with E-state index in [4.69, 9.17) is 39.5 Å². The highest BCUT2D eigenvalue weighted by Crippen LogP contribution is 2.35. The molecule has 0 aliphatic carbocycles. The van der Waals surface area contributed by atoms with E-state index in [9.17, 15) is 9.90 Å². The van der Waals surface area contributed by atoms with Crippen LogP contribution in [0.5, 0.6) is 5.75 Å². The van der Waals surface area contributed by atoms with Crippen LogP contribution in [0.4, 0.5) is 0 Å². The minimum atomic E-state index is -1.22. The summed E-state index contributed by atoms with van der Waals surface area (Å²) in [5.74, 6) is -0.878. The van der Waals surface area contributed by atoms with Crippen LogP contribution in [0.15, 0.2) is 12.1 Å². The van der Waals surface area contributed by atoms with Crippen LogP contribution in [0.3, 0.4) is 0 Å². The van der Waals surface area contributed by atoms with Gasteiger partial charge >= 0.3 is 0 Å². The third-order valence-electron chi connectivity index (χ3n) is 2.55. The van der Waals surface area contributed by atoms with Crippen LogP contribution in [0.1, 0.15) is 20.4 Å². The number of carboxylic acid groups (broad SMARTS) is 1. The Kier molecular flexibility index (Phi) is 5.32. The monoisotopic (exact) mass is 364 g/mol. The third-order valence-corrected chi connectivity index (χ3v) is 4.53. The molecule has 0 aliphatic heterocycles. The molecule has 0 spiro atoms. The van der Waals surface area contributed by atoms with E-state index in [0.29, 0.717) is 37.9 Å². The van der Waals surface area contributed by atoms with Gasteiger partial charge in [-0.05, 0) is 19.1 Å². The van der Waals surface area contributed by atoms with Crippen molar-refractivity contribution in [2.45, 2.75) is 13.3 Å². The fraction of sp³-hybridized carbons (Fsp3) is 0.231. The maximum atomic E-state index is 10.8. The van der Waals surface area contributed by atoms with Crippen LogP contribution in [0.2, 0.25) is 15.1 Å². The first-order valence-corrected chi connectivity index (χ1v) is 7.78. The number of aromatic nitrogens is 1. The molecule has 0 aliphatic rings. The summed E-state index contributed by atoms with van der Waals surface area (Å²) in [6.45, 7) is 1.89. The Morgan fingerprint density at radius 3 is 2.48 bits per heavy atom. The molecule has 0 atom stereocenters. The van der Waals surface area contributed by atoms with Gasteiger partial charge in [-0.1, -0.05) is 34.8 Å². The van der Waals surface area contributed by atoms with Crippen LogP contribution >= 0.6 is 46.1 Å². The highest BCUT2D eigenvalue weighted by Gasteiger charge is 2.11. The first-order chi connectivity index (χ1) is 9.88. The standard InChI is InChI=1S/C13H10Cl3NO3S/c1-6-12(13(18)19)21-10(17-6)2-3-20-11-8(15)4-7(14)5-9(11)16/h4-5H,2-3H2,1H3,(H,18,19)/p-1. The Labute approximate surface area is 140 Å². The maximum Gasteiger partial charge on any atom is 0.156 e. The summed E-state index contributed by atoms with van der Waals surface area (Å²) in [5, 5.41) is 12.5. The van der Waals surface area contributed by atoms with Crippen molar-refractivity contribution < 1.29 is 14.6 Å². The smallest absolute Gasteiger partial charge is 0.156 e. The summed E-state index contributed by atoms with van der Waals surface area (Å²) >= 11 is 18.9. The van der Waals surface area contributed by atoms with E-state index in [2.05, 4.69) is 4.98 Å². The second-order valence-electron chi connectivity index (χ2n) is 4.11. The molecule has 2 aromatic rings. The van der Waals surface area contributed by atoms with Gasteiger partial charge in [0, 0.05) is 11.4 Å². The van der Waals surface area contributed by atoms with Gasteiger partial charge in [0.1, 0.15) is 0 Å². The van der Waals surface area contributed by atoms with Gasteiger partial charge in [-0.3, -0.25) is 0 Å². The molecule has 0 bridgehead atoms. The number of halogens is 3. The second-order valence-corrected chi connectivity index (χ2v) is 6.44. The molecular formula is C13H9Cl3NO3S-. The second kappa shape index (κ2) is 6.83. The van der Waals surface area contributed by atoms with Crippen molar-refractivity contribution in [3.8, 4) is 5.75 Å². The van der Waals surface area contributed by atoms with Gasteiger partial charge in [0.15, 0.2) is 5.75 Å². The molecule has 0 unspecified atom stereocenters. The van der Waals surface area contributed by atoms with Crippen molar-refractivity contribution in [3.63, 3.8) is 0 Å². The molecule has 1 aromatic heterocycles. The third kappa shape index (κ3) is 4.01. The summed E-state index contributed by atoms with van der Waals surface area (Å²) in [4.78, 5) is 15.1. The Balaban J connectivity index is 2.02. The number of aromatic carboxylic acids is 1. The summed E-state index contributed by atoms with van der Waals surface area (Å²) < 4.78 is 5.52. The Morgan fingerprint density at radius 1 is 1.33 bits per heavy atom. The van der Waals surface area contributed by atoms with E-state index in [-0.39, 0.29) is 11.5 Å². The van der Waals surface area contributed by atoms with Crippen LogP contribution < -0.4 is 9.84 Å². The zero-order valence-electron chi connectivity index (χ0n) is 10.8. The van der Waals surface area contributed by atoms with Gasteiger partial charge in [0.25, 0.3) is 0 Å². The number of carbonyl (C=O) groups excluding carboxylic acids is 1. The van der Waals surface area contributed by atoms with E-state index in [1.807, 2.05) is 0 Å². The van der Waals surface area contributed by atoms with Crippen LogP contribution in [0, 0.1) is 6.92 Å². The van der Waals surface area contributed by atoms with E-state index in [1.165, 1.54) is 12.1 Å². The van der Waals surface area contributed by atoms with Crippen LogP contribution in [0.25, 0.3) is 0 Å². The first-order valence-electron chi connectivity index (χ1n) is 5.83. The number of nitrogens with zero attached hydrogens (tertiary/aromatic N) is 1. The van der Waals surface area contributed by atoms with Crippen LogP contribution in [-0.4, -0.2) is 17.6 Å². The molecular weight excluding hydrogens is 357 g/mol. The number of hydrogen-bond acceptors (Lipinski definition) is 5. The average Bonchev–Trinajstić information content (AvgIpc) is 2.74. The number of carbonyl (C=O) groups is 1. The molecule has 8 heteroatoms. The van der Waals surface area contributed by atoms with Crippen molar-refractivity contribution in [2.24, 2.45) is 0 Å². The molecule has 0 saturated carbocycles. The SMILES string of the molecule is Cc1nc(CCOc2c(Cl)cc(Cl)cc2Cl)sc1C(=O)[O-]. The van der Waals surface area contributed by atoms with Gasteiger partial charge in [0.05, 0.1) is 38.2 Å². The van der Waals surface area contributed by atoms with Gasteiger partial charge < -0.3 is 14.6 Å². The normalized spacial score (nSPS) is 10.7.